The van der Waals surface area contributed by atoms with Crippen molar-refractivity contribution in [3.63, 3.8) is 0 Å². The molecule has 1 fully saturated rings. The number of hydrogen-bond donors (Lipinski definition) is 2. The molecule has 2 aromatic carbocycles. The maximum atomic E-state index is 12.6. The summed E-state index contributed by atoms with van der Waals surface area (Å²) in [6.45, 7) is 0.906. The Labute approximate surface area is 169 Å². The summed E-state index contributed by atoms with van der Waals surface area (Å²) in [6.07, 6.45) is -0.0779. The number of benzene rings is 2. The highest BCUT2D eigenvalue weighted by atomic mass is 35.5. The first kappa shape index (κ1) is 20.7. The first-order valence-corrected chi connectivity index (χ1v) is 11.4. The van der Waals surface area contributed by atoms with E-state index in [0.717, 1.165) is 16.9 Å². The summed E-state index contributed by atoms with van der Waals surface area (Å²) in [7, 11) is -1.77. The molecule has 3 atom stereocenters. The van der Waals surface area contributed by atoms with Crippen LogP contribution in [0.5, 0.6) is 5.75 Å². The van der Waals surface area contributed by atoms with E-state index in [-0.39, 0.29) is 24.5 Å². The maximum Gasteiger partial charge on any atom is 0.207 e. The Morgan fingerprint density at radius 2 is 1.96 bits per heavy atom. The molecule has 1 saturated heterocycles. The summed E-state index contributed by atoms with van der Waals surface area (Å²) in [5.74, 6) is 0.722. The minimum atomic E-state index is -3.36. The van der Waals surface area contributed by atoms with Crippen molar-refractivity contribution in [1.82, 2.24) is 5.32 Å². The number of hydrogen-bond acceptors (Lipinski definition) is 4. The number of morpholine rings is 1. The highest BCUT2D eigenvalue weighted by molar-refractivity contribution is 7.57. The van der Waals surface area contributed by atoms with E-state index >= 15 is 0 Å². The SMILES string of the molecule is COc1ccc(CP(=O)(O)C[C@H]2CN[C@@H](c3ccc(Cl)c(Cl)c3)CO2)cc1. The van der Waals surface area contributed by atoms with Crippen molar-refractivity contribution in [3.05, 3.63) is 63.6 Å². The summed E-state index contributed by atoms with van der Waals surface area (Å²) in [5.41, 5.74) is 1.78. The van der Waals surface area contributed by atoms with Crippen LogP contribution in [0.3, 0.4) is 0 Å². The van der Waals surface area contributed by atoms with E-state index in [1.165, 1.54) is 0 Å². The predicted molar refractivity (Wildman–Crippen MR) is 108 cm³/mol. The summed E-state index contributed by atoms with van der Waals surface area (Å²) in [4.78, 5) is 10.4. The lowest BCUT2D eigenvalue weighted by molar-refractivity contribution is 0.0156. The van der Waals surface area contributed by atoms with Gasteiger partial charge in [-0.05, 0) is 35.4 Å². The lowest BCUT2D eigenvalue weighted by Gasteiger charge is -2.31. The van der Waals surface area contributed by atoms with Crippen molar-refractivity contribution >= 4 is 30.6 Å². The average Bonchev–Trinajstić information content (AvgIpc) is 2.64. The number of halogens is 2. The van der Waals surface area contributed by atoms with Crippen LogP contribution >= 0.6 is 30.6 Å². The van der Waals surface area contributed by atoms with Crippen molar-refractivity contribution in [3.8, 4) is 5.75 Å². The molecule has 0 saturated carbocycles. The first-order valence-electron chi connectivity index (χ1n) is 8.60. The third-order valence-electron chi connectivity index (χ3n) is 4.51. The van der Waals surface area contributed by atoms with Crippen LogP contribution in [0.2, 0.25) is 10.0 Å². The Hall–Kier alpha value is -1.07. The number of rotatable bonds is 6. The molecule has 5 nitrogen and oxygen atoms in total. The van der Waals surface area contributed by atoms with Crippen LogP contribution in [0.25, 0.3) is 0 Å². The molecule has 3 rings (SSSR count). The van der Waals surface area contributed by atoms with Gasteiger partial charge < -0.3 is 19.7 Å². The van der Waals surface area contributed by atoms with E-state index in [9.17, 15) is 9.46 Å². The van der Waals surface area contributed by atoms with Gasteiger partial charge in [0.25, 0.3) is 0 Å². The fourth-order valence-electron chi connectivity index (χ4n) is 3.08. The molecule has 2 N–H and O–H groups in total. The van der Waals surface area contributed by atoms with E-state index in [2.05, 4.69) is 5.32 Å². The second-order valence-corrected chi connectivity index (χ2v) is 9.81. The van der Waals surface area contributed by atoms with Crippen LogP contribution in [-0.4, -0.2) is 37.4 Å². The first-order chi connectivity index (χ1) is 12.9. The van der Waals surface area contributed by atoms with Crippen molar-refractivity contribution < 1.29 is 18.9 Å². The highest BCUT2D eigenvalue weighted by Crippen LogP contribution is 2.46. The molecule has 27 heavy (non-hydrogen) atoms. The molecule has 146 valence electrons. The van der Waals surface area contributed by atoms with Gasteiger partial charge in [-0.1, -0.05) is 41.4 Å². The van der Waals surface area contributed by atoms with Crippen molar-refractivity contribution in [2.75, 3.05) is 26.4 Å². The van der Waals surface area contributed by atoms with Gasteiger partial charge in [-0.15, -0.1) is 0 Å². The molecule has 0 aromatic heterocycles. The molecular weight excluding hydrogens is 408 g/mol. The summed E-state index contributed by atoms with van der Waals surface area (Å²) < 4.78 is 23.6. The lowest BCUT2D eigenvalue weighted by Crippen LogP contribution is -2.42. The van der Waals surface area contributed by atoms with Gasteiger partial charge in [-0.3, -0.25) is 4.57 Å². The quantitative estimate of drug-likeness (QED) is 0.661. The summed E-state index contributed by atoms with van der Waals surface area (Å²) >= 11 is 12.0. The van der Waals surface area contributed by atoms with Crippen LogP contribution in [0.15, 0.2) is 42.5 Å². The summed E-state index contributed by atoms with van der Waals surface area (Å²) in [6, 6.07) is 12.6. The normalized spacial score (nSPS) is 22.2. The van der Waals surface area contributed by atoms with Gasteiger partial charge in [-0.25, -0.2) is 0 Å². The molecule has 8 heteroatoms. The molecule has 2 aromatic rings. The van der Waals surface area contributed by atoms with Crippen LogP contribution in [0.1, 0.15) is 17.2 Å². The van der Waals surface area contributed by atoms with Gasteiger partial charge in [0.1, 0.15) is 5.75 Å². The van der Waals surface area contributed by atoms with E-state index < -0.39 is 7.37 Å². The minimum absolute atomic E-state index is 0.0179. The van der Waals surface area contributed by atoms with Crippen LogP contribution in [0.4, 0.5) is 0 Å². The van der Waals surface area contributed by atoms with Crippen molar-refractivity contribution in [2.24, 2.45) is 0 Å². The van der Waals surface area contributed by atoms with Gasteiger partial charge >= 0.3 is 0 Å². The van der Waals surface area contributed by atoms with Crippen LogP contribution in [-0.2, 0) is 15.5 Å². The maximum absolute atomic E-state index is 12.6. The predicted octanol–water partition coefficient (Wildman–Crippen LogP) is 4.50. The van der Waals surface area contributed by atoms with Crippen LogP contribution in [0, 0.1) is 0 Å². The molecule has 0 amide bonds. The minimum Gasteiger partial charge on any atom is -0.497 e. The van der Waals surface area contributed by atoms with Gasteiger partial charge in [0.2, 0.25) is 7.37 Å². The summed E-state index contributed by atoms with van der Waals surface area (Å²) in [5, 5.41) is 4.36. The molecule has 1 heterocycles. The van der Waals surface area contributed by atoms with Gasteiger partial charge in [0.15, 0.2) is 0 Å². The number of methoxy groups -OCH3 is 1. The Bertz CT molecular complexity index is 823. The topological polar surface area (TPSA) is 67.8 Å². The fraction of sp³-hybridized carbons (Fsp3) is 0.368. The largest absolute Gasteiger partial charge is 0.497 e. The van der Waals surface area contributed by atoms with E-state index in [1.54, 1.807) is 25.3 Å². The zero-order valence-corrected chi connectivity index (χ0v) is 17.3. The Morgan fingerprint density at radius 3 is 2.56 bits per heavy atom. The molecule has 1 aliphatic rings. The second kappa shape index (κ2) is 8.95. The molecule has 0 radical (unpaired) electrons. The molecule has 0 bridgehead atoms. The average molecular weight is 430 g/mol. The van der Waals surface area contributed by atoms with E-state index in [4.69, 9.17) is 32.7 Å². The molecule has 1 aliphatic heterocycles. The van der Waals surface area contributed by atoms with Gasteiger partial charge in [0, 0.05) is 12.7 Å². The van der Waals surface area contributed by atoms with Crippen molar-refractivity contribution in [2.45, 2.75) is 18.3 Å². The highest BCUT2D eigenvalue weighted by Gasteiger charge is 2.29. The zero-order valence-electron chi connectivity index (χ0n) is 14.9. The number of nitrogens with one attached hydrogen (secondary N) is 1. The van der Waals surface area contributed by atoms with Crippen LogP contribution < -0.4 is 10.1 Å². The molecule has 0 spiro atoms. The van der Waals surface area contributed by atoms with Gasteiger partial charge in [-0.2, -0.15) is 0 Å². The zero-order chi connectivity index (χ0) is 19.4. The Kier molecular flexibility index (Phi) is 6.85. The second-order valence-electron chi connectivity index (χ2n) is 6.62. The van der Waals surface area contributed by atoms with E-state index in [1.807, 2.05) is 24.3 Å². The number of ether oxygens (including phenoxy) is 2. The smallest absolute Gasteiger partial charge is 0.207 e. The molecule has 1 unspecified atom stereocenters. The lowest BCUT2D eigenvalue weighted by atomic mass is 10.1. The fourth-order valence-corrected chi connectivity index (χ4v) is 5.17. The van der Waals surface area contributed by atoms with Crippen molar-refractivity contribution in [1.29, 1.82) is 0 Å². The van der Waals surface area contributed by atoms with E-state index in [0.29, 0.717) is 23.2 Å². The van der Waals surface area contributed by atoms with Gasteiger partial charge in [0.05, 0.1) is 42.1 Å². The molecule has 0 aliphatic carbocycles. The third kappa shape index (κ3) is 5.71. The monoisotopic (exact) mass is 429 g/mol. The Morgan fingerprint density at radius 1 is 1.22 bits per heavy atom. The third-order valence-corrected chi connectivity index (χ3v) is 7.09. The molecular formula is C19H22Cl2NO4P. The standard InChI is InChI=1S/C19H22Cl2NO4P/c1-25-15-5-2-13(3-6-15)11-27(23,24)12-16-9-22-19(10-26-16)14-4-7-17(20)18(21)8-14/h2-8,16,19,22H,9-12H2,1H3,(H,23,24)/t16-,19-/m1/s1. The Balaban J connectivity index is 1.54.